The summed E-state index contributed by atoms with van der Waals surface area (Å²) in [6, 6.07) is 20.1. The number of aryl methyl sites for hydroxylation is 2. The van der Waals surface area contributed by atoms with E-state index in [0.29, 0.717) is 5.92 Å². The first kappa shape index (κ1) is 15.8. The largest absolute Gasteiger partial charge is 0.256 e. The minimum absolute atomic E-state index is 0.545. The SMILES string of the molecule is Cc1cc(C)cc(-c2nccc3c2ccc2cc(C(C)C)ccc23)c1. The summed E-state index contributed by atoms with van der Waals surface area (Å²) in [6.07, 6.45) is 1.94. The van der Waals surface area contributed by atoms with Crippen molar-refractivity contribution >= 4 is 21.5 Å². The van der Waals surface area contributed by atoms with E-state index in [0.717, 1.165) is 5.69 Å². The van der Waals surface area contributed by atoms with Gasteiger partial charge < -0.3 is 0 Å². The second-order valence-electron chi connectivity index (χ2n) is 7.33. The Morgan fingerprint density at radius 2 is 1.44 bits per heavy atom. The van der Waals surface area contributed by atoms with Gasteiger partial charge in [0.25, 0.3) is 0 Å². The lowest BCUT2D eigenvalue weighted by Crippen LogP contribution is -1.90. The van der Waals surface area contributed by atoms with Crippen LogP contribution in [0.15, 0.2) is 60.8 Å². The molecule has 0 spiro atoms. The van der Waals surface area contributed by atoms with Gasteiger partial charge in [-0.05, 0) is 59.7 Å². The van der Waals surface area contributed by atoms with Crippen molar-refractivity contribution in [2.75, 3.05) is 0 Å². The zero-order valence-corrected chi connectivity index (χ0v) is 15.3. The van der Waals surface area contributed by atoms with Gasteiger partial charge in [0.15, 0.2) is 0 Å². The van der Waals surface area contributed by atoms with Crippen LogP contribution in [0.2, 0.25) is 0 Å². The third kappa shape index (κ3) is 2.80. The molecule has 0 amide bonds. The first-order valence-corrected chi connectivity index (χ1v) is 8.93. The predicted octanol–water partition coefficient (Wildman–Crippen LogP) is 6.80. The Labute approximate surface area is 149 Å². The zero-order chi connectivity index (χ0) is 17.6. The maximum absolute atomic E-state index is 4.71. The molecule has 25 heavy (non-hydrogen) atoms. The third-order valence-electron chi connectivity index (χ3n) is 4.95. The molecule has 0 saturated heterocycles. The highest BCUT2D eigenvalue weighted by molar-refractivity contribution is 6.11. The number of hydrogen-bond acceptors (Lipinski definition) is 1. The van der Waals surface area contributed by atoms with E-state index >= 15 is 0 Å². The molecular weight excluding hydrogens is 302 g/mol. The highest BCUT2D eigenvalue weighted by Gasteiger charge is 2.10. The molecule has 0 saturated carbocycles. The lowest BCUT2D eigenvalue weighted by Gasteiger charge is -2.12. The van der Waals surface area contributed by atoms with Gasteiger partial charge in [-0.3, -0.25) is 4.98 Å². The number of nitrogens with zero attached hydrogens (tertiary/aromatic N) is 1. The van der Waals surface area contributed by atoms with E-state index in [1.165, 1.54) is 43.8 Å². The van der Waals surface area contributed by atoms with Crippen LogP contribution < -0.4 is 0 Å². The minimum atomic E-state index is 0.545. The minimum Gasteiger partial charge on any atom is -0.256 e. The maximum Gasteiger partial charge on any atom is 0.0780 e. The van der Waals surface area contributed by atoms with Gasteiger partial charge in [0, 0.05) is 17.1 Å². The average molecular weight is 325 g/mol. The smallest absolute Gasteiger partial charge is 0.0780 e. The van der Waals surface area contributed by atoms with Crippen LogP contribution in [0.5, 0.6) is 0 Å². The van der Waals surface area contributed by atoms with Gasteiger partial charge in [0.05, 0.1) is 5.69 Å². The summed E-state index contributed by atoms with van der Waals surface area (Å²) in [6.45, 7) is 8.77. The Kier molecular flexibility index (Phi) is 3.80. The third-order valence-corrected chi connectivity index (χ3v) is 4.95. The second-order valence-corrected chi connectivity index (χ2v) is 7.33. The molecule has 3 aromatic carbocycles. The van der Waals surface area contributed by atoms with Crippen LogP contribution in [0.4, 0.5) is 0 Å². The average Bonchev–Trinajstić information content (AvgIpc) is 2.59. The molecule has 0 unspecified atom stereocenters. The van der Waals surface area contributed by atoms with E-state index in [1.54, 1.807) is 0 Å². The highest BCUT2D eigenvalue weighted by atomic mass is 14.7. The van der Waals surface area contributed by atoms with Gasteiger partial charge in [-0.2, -0.15) is 0 Å². The molecule has 124 valence electrons. The number of benzene rings is 3. The number of rotatable bonds is 2. The summed E-state index contributed by atoms with van der Waals surface area (Å²) in [4.78, 5) is 4.71. The van der Waals surface area contributed by atoms with Crippen LogP contribution in [-0.4, -0.2) is 4.98 Å². The lowest BCUT2D eigenvalue weighted by atomic mass is 9.94. The summed E-state index contributed by atoms with van der Waals surface area (Å²) in [5, 5.41) is 5.10. The van der Waals surface area contributed by atoms with Gasteiger partial charge >= 0.3 is 0 Å². The molecule has 0 N–H and O–H groups in total. The van der Waals surface area contributed by atoms with Gasteiger partial charge in [0.2, 0.25) is 0 Å². The number of pyridine rings is 1. The lowest BCUT2D eigenvalue weighted by molar-refractivity contribution is 0.869. The van der Waals surface area contributed by atoms with Crippen molar-refractivity contribution in [3.63, 3.8) is 0 Å². The van der Waals surface area contributed by atoms with Gasteiger partial charge in [0.1, 0.15) is 0 Å². The fourth-order valence-corrected chi connectivity index (χ4v) is 3.71. The second kappa shape index (κ2) is 6.00. The standard InChI is InChI=1S/C24H23N/c1-15(2)18-5-7-21-19(14-18)6-8-23-22(21)9-10-25-24(23)20-12-16(3)11-17(4)13-20/h5-15H,1-4H3. The summed E-state index contributed by atoms with van der Waals surface area (Å²) in [5.74, 6) is 0.545. The molecule has 0 fully saturated rings. The Hall–Kier alpha value is -2.67. The molecule has 1 nitrogen and oxygen atoms in total. The van der Waals surface area contributed by atoms with Crippen LogP contribution in [0.1, 0.15) is 36.5 Å². The number of fused-ring (bicyclic) bond motifs is 3. The molecule has 1 heteroatoms. The molecule has 1 heterocycles. The monoisotopic (exact) mass is 325 g/mol. The van der Waals surface area contributed by atoms with E-state index in [1.807, 2.05) is 6.20 Å². The van der Waals surface area contributed by atoms with Crippen LogP contribution in [-0.2, 0) is 0 Å². The molecule has 4 aromatic rings. The fourth-order valence-electron chi connectivity index (χ4n) is 3.71. The summed E-state index contributed by atoms with van der Waals surface area (Å²) in [7, 11) is 0. The fraction of sp³-hybridized carbons (Fsp3) is 0.208. The molecule has 0 bridgehead atoms. The van der Waals surface area contributed by atoms with Crippen LogP contribution in [0, 0.1) is 13.8 Å². The normalized spacial score (nSPS) is 11.6. The van der Waals surface area contributed by atoms with E-state index in [4.69, 9.17) is 4.98 Å². The van der Waals surface area contributed by atoms with E-state index in [2.05, 4.69) is 82.3 Å². The van der Waals surface area contributed by atoms with Gasteiger partial charge in [-0.25, -0.2) is 0 Å². The molecule has 0 aliphatic carbocycles. The van der Waals surface area contributed by atoms with Crippen molar-refractivity contribution in [1.82, 2.24) is 4.98 Å². The quantitative estimate of drug-likeness (QED) is 0.369. The molecule has 0 aliphatic heterocycles. The Morgan fingerprint density at radius 1 is 0.720 bits per heavy atom. The topological polar surface area (TPSA) is 12.9 Å². The molecule has 0 aliphatic rings. The summed E-state index contributed by atoms with van der Waals surface area (Å²) < 4.78 is 0. The molecule has 4 rings (SSSR count). The predicted molar refractivity (Wildman–Crippen MR) is 108 cm³/mol. The number of hydrogen-bond donors (Lipinski definition) is 0. The Balaban J connectivity index is 2.00. The Bertz CT molecular complexity index is 1070. The maximum atomic E-state index is 4.71. The van der Waals surface area contributed by atoms with Crippen molar-refractivity contribution in [3.8, 4) is 11.3 Å². The van der Waals surface area contributed by atoms with E-state index in [9.17, 15) is 0 Å². The number of aromatic nitrogens is 1. The van der Waals surface area contributed by atoms with Crippen LogP contribution in [0.25, 0.3) is 32.8 Å². The van der Waals surface area contributed by atoms with Gasteiger partial charge in [-0.15, -0.1) is 0 Å². The molecule has 0 atom stereocenters. The highest BCUT2D eigenvalue weighted by Crippen LogP contribution is 2.33. The molecule has 0 radical (unpaired) electrons. The van der Waals surface area contributed by atoms with E-state index < -0.39 is 0 Å². The Morgan fingerprint density at radius 3 is 2.16 bits per heavy atom. The summed E-state index contributed by atoms with van der Waals surface area (Å²) >= 11 is 0. The molecule has 1 aromatic heterocycles. The first-order valence-electron chi connectivity index (χ1n) is 8.93. The van der Waals surface area contributed by atoms with Crippen molar-refractivity contribution in [3.05, 3.63) is 77.5 Å². The molecular formula is C24H23N. The van der Waals surface area contributed by atoms with Crippen molar-refractivity contribution < 1.29 is 0 Å². The van der Waals surface area contributed by atoms with E-state index in [-0.39, 0.29) is 0 Å². The van der Waals surface area contributed by atoms with Gasteiger partial charge in [-0.1, -0.05) is 61.4 Å². The van der Waals surface area contributed by atoms with Crippen molar-refractivity contribution in [2.24, 2.45) is 0 Å². The summed E-state index contributed by atoms with van der Waals surface area (Å²) in [5.41, 5.74) is 6.20. The van der Waals surface area contributed by atoms with Crippen molar-refractivity contribution in [1.29, 1.82) is 0 Å². The van der Waals surface area contributed by atoms with Crippen LogP contribution >= 0.6 is 0 Å². The first-order chi connectivity index (χ1) is 12.0. The van der Waals surface area contributed by atoms with Crippen LogP contribution in [0.3, 0.4) is 0 Å². The zero-order valence-electron chi connectivity index (χ0n) is 15.3. The van der Waals surface area contributed by atoms with Crippen molar-refractivity contribution in [2.45, 2.75) is 33.6 Å².